The standard InChI is InChI=1S/C29H31N5O4S/c1-19-8-10-23(11-9-19)39(37,38)34-25(14-24-27-22(15-30-28(24)34)16-32-33(27)4)21-7-5-6-20(12-21)13-26(36)31-17-29(2,3)18-35/h5-12,14-16,35H,13,17-18H2,1-4H3,(H,31,36). The molecule has 0 bridgehead atoms. The first-order valence-electron chi connectivity index (χ1n) is 12.6. The molecule has 0 radical (unpaired) electrons. The maximum atomic E-state index is 14.1. The molecule has 5 aromatic rings. The molecule has 0 aliphatic heterocycles. The number of hydrogen-bond acceptors (Lipinski definition) is 6. The van der Waals surface area contributed by atoms with E-state index in [0.717, 1.165) is 22.0 Å². The van der Waals surface area contributed by atoms with Crippen LogP contribution in [0.4, 0.5) is 0 Å². The van der Waals surface area contributed by atoms with Gasteiger partial charge in [-0.2, -0.15) is 5.10 Å². The van der Waals surface area contributed by atoms with E-state index in [9.17, 15) is 18.3 Å². The third-order valence-corrected chi connectivity index (χ3v) is 8.54. The Morgan fingerprint density at radius 1 is 1.08 bits per heavy atom. The SMILES string of the molecule is Cc1ccc(S(=O)(=O)n2c(-c3cccc(CC(=O)NCC(C)(C)CO)c3)cc3c4c(cnc32)cnn4C)cc1. The molecule has 10 heteroatoms. The van der Waals surface area contributed by atoms with E-state index in [1.54, 1.807) is 41.3 Å². The Bertz CT molecular complexity index is 1800. The third-order valence-electron chi connectivity index (χ3n) is 6.82. The van der Waals surface area contributed by atoms with E-state index in [2.05, 4.69) is 15.4 Å². The fraction of sp³-hybridized carbons (Fsp3) is 0.276. The van der Waals surface area contributed by atoms with Crippen molar-refractivity contribution in [2.45, 2.75) is 32.1 Å². The summed E-state index contributed by atoms with van der Waals surface area (Å²) in [6, 6.07) is 15.8. The number of fused-ring (bicyclic) bond motifs is 3. The quantitative estimate of drug-likeness (QED) is 0.306. The summed E-state index contributed by atoms with van der Waals surface area (Å²) >= 11 is 0. The fourth-order valence-corrected chi connectivity index (χ4v) is 6.01. The number of benzene rings is 2. The van der Waals surface area contributed by atoms with Crippen molar-refractivity contribution in [3.8, 4) is 11.3 Å². The second kappa shape index (κ2) is 9.94. The number of aliphatic hydroxyl groups excluding tert-OH is 1. The number of hydrogen-bond donors (Lipinski definition) is 2. The van der Waals surface area contributed by atoms with Gasteiger partial charge in [0.05, 0.1) is 28.7 Å². The molecule has 202 valence electrons. The highest BCUT2D eigenvalue weighted by Gasteiger charge is 2.27. The Hall–Kier alpha value is -4.02. The van der Waals surface area contributed by atoms with Crippen molar-refractivity contribution >= 4 is 37.9 Å². The van der Waals surface area contributed by atoms with Gasteiger partial charge in [0, 0.05) is 42.6 Å². The van der Waals surface area contributed by atoms with Crippen LogP contribution in [-0.2, 0) is 28.3 Å². The molecule has 0 spiro atoms. The minimum atomic E-state index is -4.02. The largest absolute Gasteiger partial charge is 0.396 e. The molecule has 0 saturated carbocycles. The van der Waals surface area contributed by atoms with E-state index in [0.29, 0.717) is 28.8 Å². The van der Waals surface area contributed by atoms with E-state index in [4.69, 9.17) is 0 Å². The maximum absolute atomic E-state index is 14.1. The monoisotopic (exact) mass is 545 g/mol. The number of aryl methyl sites for hydroxylation is 2. The van der Waals surface area contributed by atoms with Crippen molar-refractivity contribution in [3.05, 3.63) is 78.1 Å². The molecule has 0 atom stereocenters. The summed E-state index contributed by atoms with van der Waals surface area (Å²) in [6.07, 6.45) is 3.44. The molecule has 3 aromatic heterocycles. The van der Waals surface area contributed by atoms with E-state index < -0.39 is 15.4 Å². The normalized spacial score (nSPS) is 12.3. The van der Waals surface area contributed by atoms with Gasteiger partial charge in [-0.25, -0.2) is 17.4 Å². The number of rotatable bonds is 8. The van der Waals surface area contributed by atoms with Crippen molar-refractivity contribution < 1.29 is 18.3 Å². The Morgan fingerprint density at radius 2 is 1.82 bits per heavy atom. The van der Waals surface area contributed by atoms with Gasteiger partial charge < -0.3 is 10.4 Å². The predicted molar refractivity (Wildman–Crippen MR) is 151 cm³/mol. The molecule has 0 aliphatic rings. The summed E-state index contributed by atoms with van der Waals surface area (Å²) in [5.41, 5.74) is 3.42. The smallest absolute Gasteiger partial charge is 0.269 e. The van der Waals surface area contributed by atoms with Gasteiger partial charge in [-0.3, -0.25) is 9.48 Å². The Labute approximate surface area is 227 Å². The van der Waals surface area contributed by atoms with Gasteiger partial charge in [0.25, 0.3) is 10.0 Å². The molecule has 9 nitrogen and oxygen atoms in total. The lowest BCUT2D eigenvalue weighted by Gasteiger charge is -2.21. The van der Waals surface area contributed by atoms with Gasteiger partial charge in [-0.15, -0.1) is 0 Å². The second-order valence-corrected chi connectivity index (χ2v) is 12.4. The molecule has 0 unspecified atom stereocenters. The van der Waals surface area contributed by atoms with Crippen LogP contribution in [0, 0.1) is 12.3 Å². The lowest BCUT2D eigenvalue weighted by Crippen LogP contribution is -2.36. The first-order valence-corrected chi connectivity index (χ1v) is 14.1. The number of pyridine rings is 1. The van der Waals surface area contributed by atoms with Gasteiger partial charge in [-0.05, 0) is 42.3 Å². The minimum absolute atomic E-state index is 0.0409. The first-order chi connectivity index (χ1) is 18.5. The Kier molecular flexibility index (Phi) is 6.77. The summed E-state index contributed by atoms with van der Waals surface area (Å²) in [5.74, 6) is -0.181. The van der Waals surface area contributed by atoms with Crippen LogP contribution in [0.1, 0.15) is 25.0 Å². The van der Waals surface area contributed by atoms with Crippen LogP contribution in [-0.4, -0.2) is 51.3 Å². The lowest BCUT2D eigenvalue weighted by molar-refractivity contribution is -0.121. The van der Waals surface area contributed by atoms with E-state index in [-0.39, 0.29) is 23.8 Å². The van der Waals surface area contributed by atoms with Crippen LogP contribution in [0.25, 0.3) is 33.2 Å². The highest BCUT2D eigenvalue weighted by Crippen LogP contribution is 2.35. The lowest BCUT2D eigenvalue weighted by atomic mass is 9.95. The predicted octanol–water partition coefficient (Wildman–Crippen LogP) is 3.81. The summed E-state index contributed by atoms with van der Waals surface area (Å²) in [4.78, 5) is 17.3. The highest BCUT2D eigenvalue weighted by molar-refractivity contribution is 7.90. The highest BCUT2D eigenvalue weighted by atomic mass is 32.2. The topological polar surface area (TPSA) is 119 Å². The number of carbonyl (C=O) groups excluding carboxylic acids is 1. The fourth-order valence-electron chi connectivity index (χ4n) is 4.53. The van der Waals surface area contributed by atoms with Crippen LogP contribution < -0.4 is 5.32 Å². The molecule has 2 N–H and O–H groups in total. The molecule has 2 aromatic carbocycles. The number of amides is 1. The molecule has 0 fully saturated rings. The Morgan fingerprint density at radius 3 is 2.54 bits per heavy atom. The van der Waals surface area contributed by atoms with Crippen molar-refractivity contribution in [2.24, 2.45) is 12.5 Å². The molecule has 0 saturated heterocycles. The van der Waals surface area contributed by atoms with Crippen molar-refractivity contribution in [2.75, 3.05) is 13.2 Å². The molecule has 5 rings (SSSR count). The number of aliphatic hydroxyl groups is 1. The van der Waals surface area contributed by atoms with Gasteiger partial charge in [0.2, 0.25) is 5.91 Å². The van der Waals surface area contributed by atoms with Crippen LogP contribution in [0.3, 0.4) is 0 Å². The molecule has 3 heterocycles. The summed E-state index contributed by atoms with van der Waals surface area (Å²) in [5, 5.41) is 18.1. The zero-order valence-corrected chi connectivity index (χ0v) is 23.2. The molecule has 0 aliphatic carbocycles. The van der Waals surface area contributed by atoms with E-state index >= 15 is 0 Å². The number of nitrogens with zero attached hydrogens (tertiary/aromatic N) is 4. The number of carbonyl (C=O) groups is 1. The average Bonchev–Trinajstić information content (AvgIpc) is 3.49. The molecule has 39 heavy (non-hydrogen) atoms. The van der Waals surface area contributed by atoms with Crippen LogP contribution in [0.5, 0.6) is 0 Å². The summed E-state index contributed by atoms with van der Waals surface area (Å²) in [6.45, 7) is 5.95. The van der Waals surface area contributed by atoms with Crippen LogP contribution >= 0.6 is 0 Å². The number of nitrogens with one attached hydrogen (secondary N) is 1. The van der Waals surface area contributed by atoms with E-state index in [1.807, 2.05) is 58.2 Å². The van der Waals surface area contributed by atoms with Crippen molar-refractivity contribution in [1.82, 2.24) is 24.1 Å². The van der Waals surface area contributed by atoms with Crippen LogP contribution in [0.2, 0.25) is 0 Å². The summed E-state index contributed by atoms with van der Waals surface area (Å²) < 4.78 is 31.1. The zero-order valence-electron chi connectivity index (χ0n) is 22.3. The third kappa shape index (κ3) is 5.05. The summed E-state index contributed by atoms with van der Waals surface area (Å²) in [7, 11) is -2.21. The zero-order chi connectivity index (χ0) is 27.9. The average molecular weight is 546 g/mol. The van der Waals surface area contributed by atoms with E-state index in [1.165, 1.54) is 3.97 Å². The van der Waals surface area contributed by atoms with Crippen molar-refractivity contribution in [3.63, 3.8) is 0 Å². The maximum Gasteiger partial charge on any atom is 0.269 e. The molecule has 1 amide bonds. The van der Waals surface area contributed by atoms with Crippen molar-refractivity contribution in [1.29, 1.82) is 0 Å². The van der Waals surface area contributed by atoms with Gasteiger partial charge in [0.15, 0.2) is 5.65 Å². The molecular formula is C29H31N5O4S. The first kappa shape index (κ1) is 26.6. The number of aromatic nitrogens is 4. The van der Waals surface area contributed by atoms with Gasteiger partial charge >= 0.3 is 0 Å². The molecular weight excluding hydrogens is 514 g/mol. The van der Waals surface area contributed by atoms with Crippen LogP contribution in [0.15, 0.2) is 71.9 Å². The Balaban J connectivity index is 1.64. The minimum Gasteiger partial charge on any atom is -0.396 e. The van der Waals surface area contributed by atoms with Gasteiger partial charge in [-0.1, -0.05) is 49.7 Å². The second-order valence-electron chi connectivity index (χ2n) is 10.7. The van der Waals surface area contributed by atoms with Gasteiger partial charge in [0.1, 0.15) is 0 Å².